The Hall–Kier alpha value is -7.56. The SMILES string of the molecule is C#Cc1c(F)ccc2cc(O)cc(-c3ncc4c(N5CC6CCC(C5)N6)nc(OCC56CCC(COC(=O)NCCCCCCCc7ccc8c(c7)C(=O)N(C7CCC(=O)NC7=O)C8=O)N5CC(=C)C6)nc4c3F)c12. The van der Waals surface area contributed by atoms with Gasteiger partial charge in [0.2, 0.25) is 11.8 Å². The van der Waals surface area contributed by atoms with Crippen LogP contribution < -0.4 is 25.6 Å². The van der Waals surface area contributed by atoms with E-state index in [0.29, 0.717) is 55.6 Å². The minimum atomic E-state index is -0.998. The van der Waals surface area contributed by atoms with Crippen LogP contribution in [0, 0.1) is 24.0 Å². The lowest BCUT2D eigenvalue weighted by atomic mass is 9.94. The number of fused-ring (bicyclic) bond motifs is 6. The largest absolute Gasteiger partial charge is 0.508 e. The number of terminal acetylenes is 1. The molecule has 3 aromatic carbocycles. The van der Waals surface area contributed by atoms with Crippen molar-refractivity contribution >= 4 is 57.2 Å². The Balaban J connectivity index is 0.689. The van der Waals surface area contributed by atoms with Crippen LogP contribution in [0.25, 0.3) is 32.9 Å². The lowest BCUT2D eigenvalue weighted by Gasteiger charge is -2.35. The molecule has 388 valence electrons. The van der Waals surface area contributed by atoms with Crippen LogP contribution in [0.1, 0.15) is 109 Å². The van der Waals surface area contributed by atoms with Crippen LogP contribution in [0.3, 0.4) is 0 Å². The Bertz CT molecular complexity index is 3240. The van der Waals surface area contributed by atoms with Crippen molar-refractivity contribution in [1.29, 1.82) is 0 Å². The van der Waals surface area contributed by atoms with Crippen LogP contribution in [0.4, 0.5) is 19.4 Å². The molecule has 11 rings (SSSR count). The Morgan fingerprint density at radius 1 is 0.947 bits per heavy atom. The summed E-state index contributed by atoms with van der Waals surface area (Å²) in [5, 5.41) is 20.5. The number of hydrogen-bond acceptors (Lipinski definition) is 14. The normalized spacial score (nSPS) is 23.2. The number of carbonyl (C=O) groups excluding carboxylic acids is 5. The number of anilines is 1. The highest BCUT2D eigenvalue weighted by molar-refractivity contribution is 6.23. The monoisotopic (exact) mass is 1020 g/mol. The van der Waals surface area contributed by atoms with Gasteiger partial charge >= 0.3 is 12.1 Å². The molecular weight excluding hydrogens is 965 g/mol. The predicted octanol–water partition coefficient (Wildman–Crippen LogP) is 6.61. The van der Waals surface area contributed by atoms with Gasteiger partial charge in [0.25, 0.3) is 11.8 Å². The summed E-state index contributed by atoms with van der Waals surface area (Å²) in [7, 11) is 0. The first-order chi connectivity index (χ1) is 36.3. The second kappa shape index (κ2) is 20.3. The Morgan fingerprint density at radius 3 is 2.53 bits per heavy atom. The highest BCUT2D eigenvalue weighted by Crippen LogP contribution is 2.45. The number of rotatable bonds is 16. The molecule has 5 atom stereocenters. The van der Waals surface area contributed by atoms with Crippen LogP contribution in [0.5, 0.6) is 11.8 Å². The van der Waals surface area contributed by atoms with E-state index >= 15 is 8.78 Å². The number of alkyl carbamates (subject to hydrolysis) is 1. The summed E-state index contributed by atoms with van der Waals surface area (Å²) in [4.78, 5) is 82.7. The highest BCUT2D eigenvalue weighted by Gasteiger charge is 2.52. The van der Waals surface area contributed by atoms with Crippen molar-refractivity contribution < 1.29 is 47.3 Å². The number of hydrogen-bond donors (Lipinski definition) is 4. The first-order valence-electron chi connectivity index (χ1n) is 25.9. The number of ether oxygens (including phenoxy) is 2. The molecule has 5 aromatic rings. The summed E-state index contributed by atoms with van der Waals surface area (Å²) in [5.41, 5.74) is 1.85. The third kappa shape index (κ3) is 9.50. The second-order valence-corrected chi connectivity index (χ2v) is 20.8. The number of piperidine rings is 1. The summed E-state index contributed by atoms with van der Waals surface area (Å²) in [6.07, 6.45) is 16.2. The quantitative estimate of drug-likeness (QED) is 0.0355. The number of aryl methyl sites for hydroxylation is 1. The molecule has 0 radical (unpaired) electrons. The number of phenolic OH excluding ortho intramolecular Hbond substituents is 1. The summed E-state index contributed by atoms with van der Waals surface area (Å²) in [6, 6.07) is 10.0. The van der Waals surface area contributed by atoms with Gasteiger partial charge in [-0.25, -0.2) is 13.6 Å². The third-order valence-electron chi connectivity index (χ3n) is 15.9. The third-order valence-corrected chi connectivity index (χ3v) is 15.9. The maximum absolute atomic E-state index is 17.2. The van der Waals surface area contributed by atoms with Crippen LogP contribution in [-0.2, 0) is 20.7 Å². The van der Waals surface area contributed by atoms with Gasteiger partial charge in [-0.2, -0.15) is 9.97 Å². The molecule has 2 bridgehead atoms. The number of phenols is 1. The molecule has 2 aromatic heterocycles. The summed E-state index contributed by atoms with van der Waals surface area (Å²) >= 11 is 0. The maximum Gasteiger partial charge on any atom is 0.407 e. The van der Waals surface area contributed by atoms with E-state index < -0.39 is 52.9 Å². The van der Waals surface area contributed by atoms with E-state index in [1.807, 2.05) is 6.07 Å². The number of halogens is 2. The number of nitrogens with one attached hydrogen (secondary N) is 3. The molecule has 0 aliphatic carbocycles. The number of unbranched alkanes of at least 4 members (excludes halogenated alkanes) is 4. The lowest BCUT2D eigenvalue weighted by Crippen LogP contribution is -2.54. The molecule has 75 heavy (non-hydrogen) atoms. The zero-order chi connectivity index (χ0) is 52.1. The van der Waals surface area contributed by atoms with Crippen molar-refractivity contribution in [2.75, 3.05) is 44.3 Å². The molecule has 17 nitrogen and oxygen atoms in total. The van der Waals surface area contributed by atoms with E-state index in [1.165, 1.54) is 30.5 Å². The van der Waals surface area contributed by atoms with Gasteiger partial charge in [-0.3, -0.25) is 39.3 Å². The molecule has 0 spiro atoms. The Morgan fingerprint density at radius 2 is 1.73 bits per heavy atom. The molecule has 4 N–H and O–H groups in total. The van der Waals surface area contributed by atoms with Crippen molar-refractivity contribution in [2.24, 2.45) is 0 Å². The van der Waals surface area contributed by atoms with Crippen LogP contribution in [0.2, 0.25) is 0 Å². The van der Waals surface area contributed by atoms with E-state index in [1.54, 1.807) is 12.1 Å². The second-order valence-electron chi connectivity index (χ2n) is 20.8. The molecule has 6 aliphatic rings. The topological polar surface area (TPSA) is 209 Å². The fourth-order valence-corrected chi connectivity index (χ4v) is 12.3. The van der Waals surface area contributed by atoms with Gasteiger partial charge in [-0.1, -0.05) is 49.5 Å². The number of benzene rings is 3. The zero-order valence-electron chi connectivity index (χ0n) is 41.4. The van der Waals surface area contributed by atoms with E-state index in [2.05, 4.69) is 48.2 Å². The highest BCUT2D eigenvalue weighted by atomic mass is 19.1. The van der Waals surface area contributed by atoms with Gasteiger partial charge in [-0.05, 0) is 99.1 Å². The maximum atomic E-state index is 17.2. The first kappa shape index (κ1) is 49.6. The smallest absolute Gasteiger partial charge is 0.407 e. The fraction of sp³-hybridized carbons (Fsp3) is 0.429. The van der Waals surface area contributed by atoms with E-state index in [0.717, 1.165) is 73.8 Å². The van der Waals surface area contributed by atoms with Gasteiger partial charge in [0, 0.05) is 67.9 Å². The lowest BCUT2D eigenvalue weighted by molar-refractivity contribution is -0.136. The number of carbonyl (C=O) groups is 5. The molecule has 8 heterocycles. The predicted molar refractivity (Wildman–Crippen MR) is 273 cm³/mol. The van der Waals surface area contributed by atoms with Crippen molar-refractivity contribution in [2.45, 2.75) is 113 Å². The van der Waals surface area contributed by atoms with Crippen LogP contribution in [-0.4, -0.2) is 129 Å². The first-order valence-corrected chi connectivity index (χ1v) is 25.9. The minimum absolute atomic E-state index is 0.0152. The average molecular weight is 1020 g/mol. The summed E-state index contributed by atoms with van der Waals surface area (Å²) in [5.74, 6) is -0.824. The minimum Gasteiger partial charge on any atom is -0.508 e. The standard InChI is InChI=1S/C56H57F2N9O8/c1-3-38-43(57)15-11-33-22-37(68)23-41(46(33)38)48-47(58)49-42(25-60-48)50(65-27-34-12-13-35(28-65)61-34)64-54(63-49)75-30-56-19-18-36(66(56)26-31(2)24-56)29-74-55(73)59-20-8-6-4-5-7-9-32-10-14-39-40(21-32)53(72)67(52(39)71)44-16-17-45(69)62-51(44)70/h1,10-11,14-15,21-23,25,34-36,44,61,68H,2,4-9,12-13,16-20,24,26-30H2,(H,59,73)(H,62,69,70). The average Bonchev–Trinajstić information content (AvgIpc) is 4.11. The number of aromatic nitrogens is 3. The Labute approximate surface area is 431 Å². The molecule has 5 amide bonds. The van der Waals surface area contributed by atoms with Gasteiger partial charge in [0.15, 0.2) is 5.82 Å². The van der Waals surface area contributed by atoms with Crippen molar-refractivity contribution in [3.05, 3.63) is 94.7 Å². The van der Waals surface area contributed by atoms with E-state index in [-0.39, 0.29) is 94.8 Å². The van der Waals surface area contributed by atoms with Crippen molar-refractivity contribution in [3.63, 3.8) is 0 Å². The molecular formula is C56H57F2N9O8. The molecule has 5 unspecified atom stereocenters. The van der Waals surface area contributed by atoms with Crippen molar-refractivity contribution in [1.82, 2.24) is 40.7 Å². The van der Waals surface area contributed by atoms with Gasteiger partial charge in [0.05, 0.1) is 27.6 Å². The molecule has 5 fully saturated rings. The van der Waals surface area contributed by atoms with E-state index in [4.69, 9.17) is 20.9 Å². The molecule has 19 heteroatoms. The Kier molecular flexibility index (Phi) is 13.4. The number of nitrogens with zero attached hydrogens (tertiary/aromatic N) is 6. The summed E-state index contributed by atoms with van der Waals surface area (Å²) in [6.45, 7) is 7.02. The van der Waals surface area contributed by atoms with Gasteiger partial charge in [-0.15, -0.1) is 6.42 Å². The fourth-order valence-electron chi connectivity index (χ4n) is 12.3. The van der Waals surface area contributed by atoms with Crippen molar-refractivity contribution in [3.8, 4) is 35.4 Å². The summed E-state index contributed by atoms with van der Waals surface area (Å²) < 4.78 is 44.6. The van der Waals surface area contributed by atoms with Gasteiger partial charge < -0.3 is 30.1 Å². The van der Waals surface area contributed by atoms with E-state index in [9.17, 15) is 29.1 Å². The molecule has 6 aliphatic heterocycles. The number of aromatic hydroxyl groups is 1. The molecule has 0 saturated carbocycles. The number of pyridine rings is 1. The number of piperazine rings is 1. The molecule has 5 saturated heterocycles. The van der Waals surface area contributed by atoms with Crippen LogP contribution >= 0.6 is 0 Å². The number of amides is 5. The van der Waals surface area contributed by atoms with Gasteiger partial charge in [0.1, 0.15) is 47.9 Å². The number of imide groups is 2. The van der Waals surface area contributed by atoms with Crippen LogP contribution in [0.15, 0.2) is 60.8 Å². The zero-order valence-corrected chi connectivity index (χ0v) is 41.4.